The van der Waals surface area contributed by atoms with Crippen LogP contribution in [0.2, 0.25) is 0 Å². The van der Waals surface area contributed by atoms with Crippen molar-refractivity contribution in [1.82, 2.24) is 19.3 Å². The second kappa shape index (κ2) is 6.33. The van der Waals surface area contributed by atoms with Gasteiger partial charge in [-0.3, -0.25) is 9.78 Å². The Morgan fingerprint density at radius 3 is 2.75 bits per heavy atom. The molecule has 1 aliphatic heterocycles. The van der Waals surface area contributed by atoms with Crippen molar-refractivity contribution in [2.24, 2.45) is 7.05 Å². The Balaban J connectivity index is 1.73. The molecule has 0 radical (unpaired) electrons. The molecular formula is C15H19N5O3S. The van der Waals surface area contributed by atoms with Crippen LogP contribution in [0.4, 0.5) is 5.69 Å². The average molecular weight is 349 g/mol. The fourth-order valence-electron chi connectivity index (χ4n) is 2.55. The van der Waals surface area contributed by atoms with Gasteiger partial charge in [0.05, 0.1) is 11.9 Å². The van der Waals surface area contributed by atoms with Crippen molar-refractivity contribution < 1.29 is 13.2 Å². The molecule has 1 saturated heterocycles. The van der Waals surface area contributed by atoms with Crippen molar-refractivity contribution in [3.8, 4) is 0 Å². The fourth-order valence-corrected chi connectivity index (χ4v) is 3.60. The number of hydrogen-bond acceptors (Lipinski definition) is 5. The van der Waals surface area contributed by atoms with Crippen LogP contribution >= 0.6 is 0 Å². The summed E-state index contributed by atoms with van der Waals surface area (Å²) in [6, 6.07) is 1.78. The Morgan fingerprint density at radius 1 is 1.33 bits per heavy atom. The number of rotatable bonds is 5. The van der Waals surface area contributed by atoms with Gasteiger partial charge in [-0.1, -0.05) is 0 Å². The fraction of sp³-hybridized carbons (Fsp3) is 0.400. The number of nitrogens with one attached hydrogen (secondary N) is 1. The van der Waals surface area contributed by atoms with Gasteiger partial charge in [-0.05, 0) is 25.0 Å². The van der Waals surface area contributed by atoms with Crippen LogP contribution in [0.1, 0.15) is 24.2 Å². The predicted molar refractivity (Wildman–Crippen MR) is 87.8 cm³/mol. The molecule has 3 heterocycles. The molecule has 9 heteroatoms. The smallest absolute Gasteiger partial charge is 0.259 e. The number of aryl methyl sites for hydroxylation is 2. The molecule has 0 unspecified atom stereocenters. The number of nitrogens with zero attached hydrogens (tertiary/aromatic N) is 4. The molecule has 0 spiro atoms. The van der Waals surface area contributed by atoms with Crippen LogP contribution < -0.4 is 9.62 Å². The zero-order valence-electron chi connectivity index (χ0n) is 13.6. The van der Waals surface area contributed by atoms with Gasteiger partial charge < -0.3 is 9.47 Å². The highest BCUT2D eigenvalue weighted by molar-refractivity contribution is 7.89. The van der Waals surface area contributed by atoms with E-state index in [9.17, 15) is 13.2 Å². The van der Waals surface area contributed by atoms with E-state index >= 15 is 0 Å². The minimum Gasteiger partial charge on any atom is -0.337 e. The lowest BCUT2D eigenvalue weighted by molar-refractivity contribution is -0.117. The summed E-state index contributed by atoms with van der Waals surface area (Å²) in [7, 11) is -1.96. The molecule has 2 aromatic heterocycles. The van der Waals surface area contributed by atoms with E-state index in [2.05, 4.69) is 14.7 Å². The quantitative estimate of drug-likeness (QED) is 0.858. The molecule has 8 nitrogen and oxygen atoms in total. The lowest BCUT2D eigenvalue weighted by atomic mass is 10.2. The first-order valence-corrected chi connectivity index (χ1v) is 9.09. The van der Waals surface area contributed by atoms with Gasteiger partial charge in [-0.15, -0.1) is 0 Å². The number of amides is 1. The third kappa shape index (κ3) is 3.31. The largest absolute Gasteiger partial charge is 0.337 e. The summed E-state index contributed by atoms with van der Waals surface area (Å²) in [6.07, 6.45) is 6.03. The first-order valence-electron chi connectivity index (χ1n) is 7.61. The minimum atomic E-state index is -3.69. The molecule has 3 rings (SSSR count). The summed E-state index contributed by atoms with van der Waals surface area (Å²) in [6.45, 7) is 2.49. The molecule has 1 fully saturated rings. The van der Waals surface area contributed by atoms with Gasteiger partial charge in [-0.2, -0.15) is 0 Å². The molecule has 1 N–H and O–H groups in total. The van der Waals surface area contributed by atoms with Crippen LogP contribution in [0.5, 0.6) is 0 Å². The van der Waals surface area contributed by atoms with E-state index in [0.29, 0.717) is 30.0 Å². The first-order chi connectivity index (χ1) is 11.4. The third-order valence-electron chi connectivity index (χ3n) is 3.99. The van der Waals surface area contributed by atoms with Gasteiger partial charge in [0.15, 0.2) is 5.03 Å². The van der Waals surface area contributed by atoms with Crippen LogP contribution in [-0.4, -0.2) is 35.4 Å². The van der Waals surface area contributed by atoms with E-state index in [1.807, 2.05) is 0 Å². The molecule has 0 bridgehead atoms. The summed E-state index contributed by atoms with van der Waals surface area (Å²) in [5.74, 6) is 0.685. The lowest BCUT2D eigenvalue weighted by Gasteiger charge is -2.16. The summed E-state index contributed by atoms with van der Waals surface area (Å²) in [5.41, 5.74) is 1.38. The second-order valence-corrected chi connectivity index (χ2v) is 7.48. The molecule has 24 heavy (non-hydrogen) atoms. The number of sulfonamides is 1. The number of anilines is 1. The van der Waals surface area contributed by atoms with Gasteiger partial charge in [0.25, 0.3) is 10.0 Å². The van der Waals surface area contributed by atoms with Crippen molar-refractivity contribution in [2.45, 2.75) is 31.3 Å². The van der Waals surface area contributed by atoms with Crippen molar-refractivity contribution in [3.05, 3.63) is 36.0 Å². The van der Waals surface area contributed by atoms with Gasteiger partial charge >= 0.3 is 0 Å². The Kier molecular flexibility index (Phi) is 4.37. The van der Waals surface area contributed by atoms with Crippen LogP contribution in [0.3, 0.4) is 0 Å². The topological polar surface area (TPSA) is 97.2 Å². The zero-order chi connectivity index (χ0) is 17.3. The molecule has 0 atom stereocenters. The van der Waals surface area contributed by atoms with Crippen LogP contribution in [0.15, 0.2) is 29.7 Å². The Labute approximate surface area is 140 Å². The summed E-state index contributed by atoms with van der Waals surface area (Å²) >= 11 is 0. The summed E-state index contributed by atoms with van der Waals surface area (Å²) in [4.78, 5) is 21.6. The molecule has 2 aromatic rings. The van der Waals surface area contributed by atoms with E-state index in [0.717, 1.165) is 6.42 Å². The normalized spacial score (nSPS) is 15.2. The van der Waals surface area contributed by atoms with Crippen molar-refractivity contribution in [2.75, 3.05) is 11.4 Å². The standard InChI is InChI=1S/C15H19N5O3S/c1-11-18-14(10-19(11)2)24(22,23)17-8-12-6-13(9-16-7-12)20-5-3-4-15(20)21/h6-7,9-10,17H,3-5,8H2,1-2H3. The Morgan fingerprint density at radius 2 is 2.12 bits per heavy atom. The highest BCUT2D eigenvalue weighted by Gasteiger charge is 2.22. The Bertz CT molecular complexity index is 855. The van der Waals surface area contributed by atoms with Gasteiger partial charge in [0, 0.05) is 39.0 Å². The molecule has 1 aliphatic rings. The molecule has 0 aromatic carbocycles. The lowest BCUT2D eigenvalue weighted by Crippen LogP contribution is -2.25. The zero-order valence-corrected chi connectivity index (χ0v) is 14.4. The third-order valence-corrected chi connectivity index (χ3v) is 5.27. The van der Waals surface area contributed by atoms with E-state index < -0.39 is 10.0 Å². The van der Waals surface area contributed by atoms with Gasteiger partial charge in [0.1, 0.15) is 5.82 Å². The maximum absolute atomic E-state index is 12.3. The highest BCUT2D eigenvalue weighted by atomic mass is 32.2. The second-order valence-electron chi connectivity index (χ2n) is 5.76. The number of imidazole rings is 1. The first kappa shape index (κ1) is 16.6. The van der Waals surface area contributed by atoms with Crippen molar-refractivity contribution in [1.29, 1.82) is 0 Å². The Hall–Kier alpha value is -2.26. The molecule has 0 saturated carbocycles. The van der Waals surface area contributed by atoms with E-state index in [4.69, 9.17) is 0 Å². The molecule has 1 amide bonds. The minimum absolute atomic E-state index is 0.0127. The number of pyridine rings is 1. The van der Waals surface area contributed by atoms with E-state index in [1.54, 1.807) is 41.9 Å². The number of aromatic nitrogens is 3. The number of hydrogen-bond donors (Lipinski definition) is 1. The molecule has 128 valence electrons. The molecular weight excluding hydrogens is 330 g/mol. The van der Waals surface area contributed by atoms with Crippen molar-refractivity contribution >= 4 is 21.6 Å². The number of carbonyl (C=O) groups excluding carboxylic acids is 1. The number of carbonyl (C=O) groups is 1. The maximum Gasteiger partial charge on any atom is 0.259 e. The van der Waals surface area contributed by atoms with Gasteiger partial charge in [-0.25, -0.2) is 18.1 Å². The van der Waals surface area contributed by atoms with Crippen molar-refractivity contribution in [3.63, 3.8) is 0 Å². The SMILES string of the molecule is Cc1nc(S(=O)(=O)NCc2cncc(N3CCCC3=O)c2)cn1C. The maximum atomic E-state index is 12.3. The van der Waals surface area contributed by atoms with Crippen LogP contribution in [-0.2, 0) is 28.4 Å². The highest BCUT2D eigenvalue weighted by Crippen LogP contribution is 2.21. The summed E-state index contributed by atoms with van der Waals surface area (Å²) in [5, 5.41) is -0.0127. The molecule has 0 aliphatic carbocycles. The monoisotopic (exact) mass is 349 g/mol. The van der Waals surface area contributed by atoms with E-state index in [1.165, 1.54) is 6.20 Å². The summed E-state index contributed by atoms with van der Waals surface area (Å²) < 4.78 is 28.7. The predicted octanol–water partition coefficient (Wildman–Crippen LogP) is 0.729. The van der Waals surface area contributed by atoms with E-state index in [-0.39, 0.29) is 17.5 Å². The van der Waals surface area contributed by atoms with Gasteiger partial charge in [0.2, 0.25) is 5.91 Å². The van der Waals surface area contributed by atoms with Crippen LogP contribution in [0, 0.1) is 6.92 Å². The van der Waals surface area contributed by atoms with Crippen LogP contribution in [0.25, 0.3) is 0 Å². The average Bonchev–Trinajstić information content (AvgIpc) is 3.12.